The maximum absolute atomic E-state index is 13.1. The molecular formula is C85H166O17P2. The average Bonchev–Trinajstić information content (AvgIpc) is 0.926. The number of phosphoric acid groups is 2. The van der Waals surface area contributed by atoms with Crippen LogP contribution >= 0.6 is 15.6 Å². The Bertz CT molecular complexity index is 1980. The number of hydrogen-bond donors (Lipinski definition) is 3. The number of phosphoric ester groups is 2. The first kappa shape index (κ1) is 102. The van der Waals surface area contributed by atoms with Gasteiger partial charge in [-0.1, -0.05) is 407 Å². The predicted molar refractivity (Wildman–Crippen MR) is 428 cm³/mol. The van der Waals surface area contributed by atoms with Gasteiger partial charge < -0.3 is 33.8 Å². The molecule has 17 nitrogen and oxygen atoms in total. The van der Waals surface area contributed by atoms with Crippen LogP contribution in [0, 0.1) is 5.92 Å². The highest BCUT2D eigenvalue weighted by Gasteiger charge is 2.30. The summed E-state index contributed by atoms with van der Waals surface area (Å²) in [4.78, 5) is 73.1. The van der Waals surface area contributed by atoms with Gasteiger partial charge in [-0.2, -0.15) is 0 Å². The largest absolute Gasteiger partial charge is 0.472 e. The molecule has 3 N–H and O–H groups in total. The summed E-state index contributed by atoms with van der Waals surface area (Å²) < 4.78 is 68.8. The smallest absolute Gasteiger partial charge is 0.462 e. The number of aliphatic hydroxyl groups is 1. The second-order valence-electron chi connectivity index (χ2n) is 30.8. The van der Waals surface area contributed by atoms with Crippen LogP contribution in [0.3, 0.4) is 0 Å². The molecule has 6 atom stereocenters. The van der Waals surface area contributed by atoms with Gasteiger partial charge in [0.05, 0.1) is 26.4 Å². The number of carbonyl (C=O) groups is 4. The Balaban J connectivity index is 5.18. The van der Waals surface area contributed by atoms with Gasteiger partial charge in [0.1, 0.15) is 19.3 Å². The van der Waals surface area contributed by atoms with Crippen molar-refractivity contribution < 1.29 is 80.2 Å². The molecule has 0 aliphatic rings. The topological polar surface area (TPSA) is 237 Å². The minimum Gasteiger partial charge on any atom is -0.462 e. The van der Waals surface area contributed by atoms with Crippen LogP contribution < -0.4 is 0 Å². The molecule has 0 aromatic rings. The van der Waals surface area contributed by atoms with Gasteiger partial charge in [0.15, 0.2) is 12.2 Å². The molecule has 0 aromatic carbocycles. The van der Waals surface area contributed by atoms with E-state index in [1.807, 2.05) is 0 Å². The second-order valence-corrected chi connectivity index (χ2v) is 33.7. The van der Waals surface area contributed by atoms with Crippen LogP contribution in [0.25, 0.3) is 0 Å². The van der Waals surface area contributed by atoms with Crippen molar-refractivity contribution >= 4 is 39.5 Å². The van der Waals surface area contributed by atoms with Crippen molar-refractivity contribution in [1.29, 1.82) is 0 Å². The maximum atomic E-state index is 13.1. The van der Waals surface area contributed by atoms with E-state index >= 15 is 0 Å². The molecule has 0 saturated carbocycles. The van der Waals surface area contributed by atoms with E-state index < -0.39 is 97.5 Å². The molecule has 0 radical (unpaired) electrons. The lowest BCUT2D eigenvalue weighted by molar-refractivity contribution is -0.161. The fourth-order valence-corrected chi connectivity index (χ4v) is 14.8. The molecule has 0 heterocycles. The first-order valence-electron chi connectivity index (χ1n) is 44.2. The van der Waals surface area contributed by atoms with Gasteiger partial charge in [0.2, 0.25) is 0 Å². The third-order valence-electron chi connectivity index (χ3n) is 20.4. The summed E-state index contributed by atoms with van der Waals surface area (Å²) >= 11 is 0. The van der Waals surface area contributed by atoms with Crippen molar-refractivity contribution in [1.82, 2.24) is 0 Å². The quantitative estimate of drug-likeness (QED) is 0.0222. The number of esters is 4. The number of unbranched alkanes of at least 4 members (excludes halogenated alkanes) is 56. The molecule has 3 unspecified atom stereocenters. The predicted octanol–water partition coefficient (Wildman–Crippen LogP) is 26.0. The van der Waals surface area contributed by atoms with Crippen LogP contribution in [0.2, 0.25) is 0 Å². The lowest BCUT2D eigenvalue weighted by atomic mass is 10.00. The van der Waals surface area contributed by atoms with E-state index in [1.54, 1.807) is 0 Å². The number of ether oxygens (including phenoxy) is 4. The highest BCUT2D eigenvalue weighted by atomic mass is 31.2. The molecule has 0 amide bonds. The van der Waals surface area contributed by atoms with Crippen LogP contribution in [-0.2, 0) is 65.4 Å². The Morgan fingerprint density at radius 3 is 0.683 bits per heavy atom. The summed E-state index contributed by atoms with van der Waals surface area (Å²) in [5.41, 5.74) is 0. The summed E-state index contributed by atoms with van der Waals surface area (Å²) in [6.45, 7) is 7.30. The van der Waals surface area contributed by atoms with E-state index in [0.29, 0.717) is 25.7 Å². The molecular weight excluding hydrogens is 1350 g/mol. The van der Waals surface area contributed by atoms with Crippen molar-refractivity contribution in [3.05, 3.63) is 0 Å². The highest BCUT2D eigenvalue weighted by Crippen LogP contribution is 2.45. The molecule has 0 fully saturated rings. The van der Waals surface area contributed by atoms with Crippen LogP contribution in [-0.4, -0.2) is 96.7 Å². The molecule has 0 saturated heterocycles. The van der Waals surface area contributed by atoms with Crippen LogP contribution in [0.1, 0.15) is 458 Å². The van der Waals surface area contributed by atoms with Crippen molar-refractivity contribution in [2.45, 2.75) is 477 Å². The first-order valence-corrected chi connectivity index (χ1v) is 47.2. The van der Waals surface area contributed by atoms with E-state index in [9.17, 15) is 43.2 Å². The molecule has 0 bridgehead atoms. The van der Waals surface area contributed by atoms with Crippen molar-refractivity contribution in [3.8, 4) is 0 Å². The monoisotopic (exact) mass is 1520 g/mol. The van der Waals surface area contributed by atoms with Gasteiger partial charge in [-0.25, -0.2) is 9.13 Å². The van der Waals surface area contributed by atoms with Crippen molar-refractivity contribution in [2.24, 2.45) is 5.92 Å². The Labute approximate surface area is 638 Å². The summed E-state index contributed by atoms with van der Waals surface area (Å²) in [6, 6.07) is 0. The second kappa shape index (κ2) is 77.8. The molecule has 0 aromatic heterocycles. The van der Waals surface area contributed by atoms with Crippen molar-refractivity contribution in [3.63, 3.8) is 0 Å². The number of rotatable bonds is 85. The van der Waals surface area contributed by atoms with E-state index in [-0.39, 0.29) is 25.7 Å². The minimum absolute atomic E-state index is 0.107. The zero-order chi connectivity index (χ0) is 76.2. The summed E-state index contributed by atoms with van der Waals surface area (Å²) in [5.74, 6) is -1.37. The number of aliphatic hydroxyl groups excluding tert-OH is 1. The first-order chi connectivity index (χ1) is 50.6. The van der Waals surface area contributed by atoms with Crippen LogP contribution in [0.4, 0.5) is 0 Å². The van der Waals surface area contributed by atoms with E-state index in [0.717, 1.165) is 102 Å². The van der Waals surface area contributed by atoms with E-state index in [4.69, 9.17) is 37.0 Å². The molecule has 0 aliphatic heterocycles. The molecule has 19 heteroatoms. The molecule has 0 aliphatic carbocycles. The Hall–Kier alpha value is -1.94. The SMILES string of the molecule is CCCCCCCCCCCCCCCCCCCCCCCCC(=O)O[C@H](COC(=O)CCCCCCCCCCCCCCCCCCCCCCC)COP(=O)(O)OC[C@@H](O)COP(=O)(O)OC[C@@H](COC(=O)CCCCCCCCC(C)CC)OC(=O)CCCCCCCCCCCCC. The summed E-state index contributed by atoms with van der Waals surface area (Å²) in [5, 5.41) is 10.7. The Kier molecular flexibility index (Phi) is 76.3. The van der Waals surface area contributed by atoms with Crippen LogP contribution in [0.15, 0.2) is 0 Å². The van der Waals surface area contributed by atoms with Crippen molar-refractivity contribution in [2.75, 3.05) is 39.6 Å². The minimum atomic E-state index is -4.96. The van der Waals surface area contributed by atoms with E-state index in [1.165, 1.54) is 276 Å². The van der Waals surface area contributed by atoms with Gasteiger partial charge in [0, 0.05) is 25.7 Å². The van der Waals surface area contributed by atoms with Gasteiger partial charge in [-0.05, 0) is 31.6 Å². The number of hydrogen-bond acceptors (Lipinski definition) is 15. The standard InChI is InChI=1S/C85H166O17P2/c1-6-10-13-16-19-22-25-27-29-31-33-35-37-39-41-43-45-48-51-54-61-66-71-85(90)101-80(74-95-82(87)68-63-58-52-49-47-44-42-40-38-36-34-32-30-28-26-23-20-17-14-11-7-2)76-99-103(91,92)97-72-79(86)73-98-104(93,94)100-77-81(75-96-83(88)69-64-59-56-55-57-62-67-78(5)9-4)102-84(89)70-65-60-53-50-46-24-21-18-15-12-8-3/h78-81,86H,6-77H2,1-5H3,(H,91,92)(H,93,94)/t78?,79-,80-,81-/m1/s1. The lowest BCUT2D eigenvalue weighted by Crippen LogP contribution is -2.30. The zero-order valence-corrected chi connectivity index (χ0v) is 70.0. The maximum Gasteiger partial charge on any atom is 0.472 e. The van der Waals surface area contributed by atoms with Gasteiger partial charge in [-0.3, -0.25) is 37.3 Å². The molecule has 618 valence electrons. The average molecular weight is 1520 g/mol. The summed E-state index contributed by atoms with van der Waals surface area (Å²) in [7, 11) is -9.92. The normalized spacial score (nSPS) is 14.0. The van der Waals surface area contributed by atoms with Gasteiger partial charge >= 0.3 is 39.5 Å². The fourth-order valence-electron chi connectivity index (χ4n) is 13.3. The fraction of sp³-hybridized carbons (Fsp3) is 0.953. The van der Waals surface area contributed by atoms with Gasteiger partial charge in [-0.15, -0.1) is 0 Å². The third kappa shape index (κ3) is 76.8. The van der Waals surface area contributed by atoms with Crippen LogP contribution in [0.5, 0.6) is 0 Å². The molecule has 104 heavy (non-hydrogen) atoms. The Morgan fingerprint density at radius 2 is 0.462 bits per heavy atom. The van der Waals surface area contributed by atoms with Gasteiger partial charge in [0.25, 0.3) is 0 Å². The zero-order valence-electron chi connectivity index (χ0n) is 68.2. The lowest BCUT2D eigenvalue weighted by Gasteiger charge is -2.21. The molecule has 0 rings (SSSR count). The summed E-state index contributed by atoms with van der Waals surface area (Å²) in [6.07, 6.45) is 71.1. The number of carbonyl (C=O) groups excluding carboxylic acids is 4. The van der Waals surface area contributed by atoms with E-state index in [2.05, 4.69) is 34.6 Å². The Morgan fingerprint density at radius 1 is 0.269 bits per heavy atom. The third-order valence-corrected chi connectivity index (χ3v) is 22.3. The molecule has 0 spiro atoms. The highest BCUT2D eigenvalue weighted by molar-refractivity contribution is 7.47.